The Balaban J connectivity index is 2.43. The average molecular weight is 175 g/mol. The predicted molar refractivity (Wildman–Crippen MR) is 48.4 cm³/mol. The third kappa shape index (κ3) is 2.91. The van der Waals surface area contributed by atoms with E-state index < -0.39 is 11.0 Å². The number of hydrogen-bond acceptors (Lipinski definition) is 1. The molecule has 2 N–H and O–H groups in total. The molecule has 1 unspecified atom stereocenters. The highest BCUT2D eigenvalue weighted by atomic mass is 32.2. The van der Waals surface area contributed by atoms with Crippen LogP contribution in [0.15, 0.2) is 0 Å². The molecule has 0 aromatic rings. The van der Waals surface area contributed by atoms with Crippen LogP contribution >= 0.6 is 0 Å². The van der Waals surface area contributed by atoms with Crippen molar-refractivity contribution >= 4 is 11.0 Å². The van der Waals surface area contributed by atoms with E-state index >= 15 is 0 Å². The maximum atomic E-state index is 10.8. The minimum atomic E-state index is -1.10. The zero-order chi connectivity index (χ0) is 8.32. The van der Waals surface area contributed by atoms with Gasteiger partial charge in [0.2, 0.25) is 0 Å². The monoisotopic (exact) mass is 175 g/mol. The van der Waals surface area contributed by atoms with Gasteiger partial charge in [-0.05, 0) is 18.3 Å². The largest absolute Gasteiger partial charge is 0.252 e. The van der Waals surface area contributed by atoms with E-state index in [1.54, 1.807) is 0 Å². The Hall–Kier alpha value is 0.110. The first-order chi connectivity index (χ1) is 5.12. The molecule has 0 radical (unpaired) electrons. The van der Waals surface area contributed by atoms with Gasteiger partial charge in [-0.25, -0.2) is 4.21 Å². The lowest BCUT2D eigenvalue weighted by Gasteiger charge is -2.32. The Morgan fingerprint density at radius 1 is 1.36 bits per heavy atom. The lowest BCUT2D eigenvalue weighted by atomic mass is 9.77. The first-order valence-electron chi connectivity index (χ1n) is 4.25. The topological polar surface area (TPSA) is 43.1 Å². The Bertz CT molecular complexity index is 152. The molecule has 1 fully saturated rings. The van der Waals surface area contributed by atoms with Crippen LogP contribution < -0.4 is 5.14 Å². The molecule has 0 saturated heterocycles. The third-order valence-electron chi connectivity index (χ3n) is 2.55. The van der Waals surface area contributed by atoms with Gasteiger partial charge in [0.05, 0.1) is 11.0 Å². The van der Waals surface area contributed by atoms with Gasteiger partial charge >= 0.3 is 0 Å². The second-order valence-corrected chi connectivity index (χ2v) is 4.95. The molecule has 66 valence electrons. The zero-order valence-electron chi connectivity index (χ0n) is 7.14. The number of hydrogen-bond donors (Lipinski definition) is 1. The molecular weight excluding hydrogens is 158 g/mol. The molecule has 1 atom stereocenters. The van der Waals surface area contributed by atoms with E-state index in [9.17, 15) is 4.21 Å². The van der Waals surface area contributed by atoms with E-state index in [0.717, 1.165) is 0 Å². The van der Waals surface area contributed by atoms with Crippen LogP contribution in [0, 0.1) is 5.41 Å². The normalized spacial score (nSPS) is 26.4. The highest BCUT2D eigenvalue weighted by molar-refractivity contribution is 7.82. The van der Waals surface area contributed by atoms with Gasteiger partial charge in [-0.2, -0.15) is 0 Å². The van der Waals surface area contributed by atoms with Crippen molar-refractivity contribution in [2.24, 2.45) is 10.6 Å². The van der Waals surface area contributed by atoms with Crippen LogP contribution in [0.2, 0.25) is 0 Å². The first-order valence-corrected chi connectivity index (χ1v) is 5.63. The van der Waals surface area contributed by atoms with Crippen LogP contribution in [-0.2, 0) is 11.0 Å². The van der Waals surface area contributed by atoms with Gasteiger partial charge in [0, 0.05) is 5.75 Å². The van der Waals surface area contributed by atoms with E-state index in [4.69, 9.17) is 5.14 Å². The molecule has 0 bridgehead atoms. The molecule has 0 aromatic heterocycles. The molecular formula is C8H17NOS. The second kappa shape index (κ2) is 3.68. The molecule has 0 spiro atoms. The molecule has 1 aliphatic carbocycles. The van der Waals surface area contributed by atoms with Crippen LogP contribution in [-0.4, -0.2) is 9.96 Å². The molecule has 0 aromatic carbocycles. The van der Waals surface area contributed by atoms with Crippen LogP contribution in [0.5, 0.6) is 0 Å². The van der Waals surface area contributed by atoms with Gasteiger partial charge in [-0.1, -0.05) is 26.2 Å². The molecule has 3 heteroatoms. The van der Waals surface area contributed by atoms with Crippen LogP contribution in [0.25, 0.3) is 0 Å². The third-order valence-corrected chi connectivity index (χ3v) is 3.53. The van der Waals surface area contributed by atoms with Crippen LogP contribution in [0.1, 0.15) is 39.0 Å². The van der Waals surface area contributed by atoms with E-state index in [1.165, 1.54) is 32.1 Å². The van der Waals surface area contributed by atoms with E-state index in [1.807, 2.05) is 0 Å². The zero-order valence-corrected chi connectivity index (χ0v) is 7.95. The minimum Gasteiger partial charge on any atom is -0.252 e. The van der Waals surface area contributed by atoms with E-state index in [2.05, 4.69) is 6.92 Å². The van der Waals surface area contributed by atoms with Crippen molar-refractivity contribution in [2.75, 3.05) is 5.75 Å². The molecule has 1 rings (SSSR count). The Morgan fingerprint density at radius 2 is 1.91 bits per heavy atom. The quantitative estimate of drug-likeness (QED) is 0.680. The summed E-state index contributed by atoms with van der Waals surface area (Å²) in [6.45, 7) is 2.21. The molecule has 11 heavy (non-hydrogen) atoms. The van der Waals surface area contributed by atoms with E-state index in [0.29, 0.717) is 5.75 Å². The van der Waals surface area contributed by atoms with E-state index in [-0.39, 0.29) is 5.41 Å². The van der Waals surface area contributed by atoms with Crippen molar-refractivity contribution in [3.63, 3.8) is 0 Å². The summed E-state index contributed by atoms with van der Waals surface area (Å²) in [6, 6.07) is 0. The Morgan fingerprint density at radius 3 is 2.36 bits per heavy atom. The summed E-state index contributed by atoms with van der Waals surface area (Å²) in [5.74, 6) is 0.688. The van der Waals surface area contributed by atoms with Crippen LogP contribution in [0.3, 0.4) is 0 Å². The van der Waals surface area contributed by atoms with Gasteiger partial charge in [0.25, 0.3) is 0 Å². The standard InChI is InChI=1S/C8H17NOS/c1-8(7-11(9)10)5-3-2-4-6-8/h2-7,9H2,1H3. The van der Waals surface area contributed by atoms with Gasteiger partial charge < -0.3 is 0 Å². The van der Waals surface area contributed by atoms with Gasteiger partial charge in [-0.3, -0.25) is 5.14 Å². The van der Waals surface area contributed by atoms with Gasteiger partial charge in [-0.15, -0.1) is 0 Å². The first kappa shape index (κ1) is 9.20. The molecule has 0 amide bonds. The summed E-state index contributed by atoms with van der Waals surface area (Å²) in [5, 5.41) is 5.28. The predicted octanol–water partition coefficient (Wildman–Crippen LogP) is 1.58. The average Bonchev–Trinajstić information content (AvgIpc) is 1.85. The molecule has 1 saturated carbocycles. The van der Waals surface area contributed by atoms with Crippen molar-refractivity contribution in [1.82, 2.24) is 0 Å². The summed E-state index contributed by atoms with van der Waals surface area (Å²) in [6.07, 6.45) is 6.32. The highest BCUT2D eigenvalue weighted by Crippen LogP contribution is 2.35. The summed E-state index contributed by atoms with van der Waals surface area (Å²) in [4.78, 5) is 0. The Kier molecular flexibility index (Phi) is 3.07. The lowest BCUT2D eigenvalue weighted by Crippen LogP contribution is -2.29. The molecule has 1 aliphatic rings. The highest BCUT2D eigenvalue weighted by Gasteiger charge is 2.27. The fourth-order valence-electron chi connectivity index (χ4n) is 1.89. The maximum absolute atomic E-state index is 10.8. The fraction of sp³-hybridized carbons (Fsp3) is 1.00. The second-order valence-electron chi connectivity index (χ2n) is 3.90. The molecule has 2 nitrogen and oxygen atoms in total. The van der Waals surface area contributed by atoms with Crippen molar-refractivity contribution in [3.05, 3.63) is 0 Å². The number of nitrogens with two attached hydrogens (primary N) is 1. The smallest absolute Gasteiger partial charge is 0.0893 e. The van der Waals surface area contributed by atoms with Crippen molar-refractivity contribution < 1.29 is 4.21 Å². The molecule has 0 heterocycles. The lowest BCUT2D eigenvalue weighted by molar-refractivity contribution is 0.249. The van der Waals surface area contributed by atoms with Gasteiger partial charge in [0.15, 0.2) is 0 Å². The van der Waals surface area contributed by atoms with Gasteiger partial charge in [0.1, 0.15) is 0 Å². The summed E-state index contributed by atoms with van der Waals surface area (Å²) < 4.78 is 10.8. The van der Waals surface area contributed by atoms with Crippen LogP contribution in [0.4, 0.5) is 0 Å². The summed E-state index contributed by atoms with van der Waals surface area (Å²) >= 11 is 0. The fourth-order valence-corrected chi connectivity index (χ4v) is 2.87. The summed E-state index contributed by atoms with van der Waals surface area (Å²) in [5.41, 5.74) is 0.276. The SMILES string of the molecule is CC1(CS(N)=O)CCCCC1. The van der Waals surface area contributed by atoms with Crippen molar-refractivity contribution in [1.29, 1.82) is 0 Å². The summed E-state index contributed by atoms with van der Waals surface area (Å²) in [7, 11) is -1.10. The minimum absolute atomic E-state index is 0.276. The van der Waals surface area contributed by atoms with Crippen molar-refractivity contribution in [3.8, 4) is 0 Å². The Labute approximate surface area is 71.1 Å². The number of rotatable bonds is 2. The maximum Gasteiger partial charge on any atom is 0.0893 e. The molecule has 0 aliphatic heterocycles. The van der Waals surface area contributed by atoms with Crippen molar-refractivity contribution in [2.45, 2.75) is 39.0 Å².